The Hall–Kier alpha value is -6.68. The van der Waals surface area contributed by atoms with Crippen LogP contribution in [0.2, 0.25) is 0 Å². The molecule has 3 amide bonds. The number of benzene rings is 3. The molecule has 0 spiro atoms. The highest BCUT2D eigenvalue weighted by atomic mass is 19.1. The van der Waals surface area contributed by atoms with E-state index in [0.717, 1.165) is 27.7 Å². The number of aryl methyl sites for hydroxylation is 2. The van der Waals surface area contributed by atoms with Crippen molar-refractivity contribution in [2.45, 2.75) is 38.5 Å². The maximum atomic E-state index is 15.9. The number of piperidine rings is 1. The summed E-state index contributed by atoms with van der Waals surface area (Å²) in [6.45, 7) is 5.09. The number of nitrogens with one attached hydrogen (secondary N) is 2. The number of hydrogen-bond acceptors (Lipinski definition) is 8. The van der Waals surface area contributed by atoms with Gasteiger partial charge in [0.05, 0.1) is 42.0 Å². The fourth-order valence-corrected chi connectivity index (χ4v) is 7.43. The molecule has 2 N–H and O–H groups in total. The summed E-state index contributed by atoms with van der Waals surface area (Å²) in [7, 11) is 3.53. The van der Waals surface area contributed by atoms with Gasteiger partial charge in [-0.2, -0.15) is 0 Å². The summed E-state index contributed by atoms with van der Waals surface area (Å²) >= 11 is 0. The van der Waals surface area contributed by atoms with Crippen molar-refractivity contribution in [2.24, 2.45) is 14.1 Å². The molecule has 13 heteroatoms. The zero-order valence-electron chi connectivity index (χ0n) is 30.7. The quantitative estimate of drug-likeness (QED) is 0.162. The van der Waals surface area contributed by atoms with Crippen LogP contribution in [0.5, 0.6) is 5.75 Å². The molecule has 12 nitrogen and oxygen atoms in total. The fourth-order valence-electron chi connectivity index (χ4n) is 7.43. The van der Waals surface area contributed by atoms with Crippen LogP contribution in [-0.2, 0) is 23.7 Å². The summed E-state index contributed by atoms with van der Waals surface area (Å²) in [6.07, 6.45) is 3.66. The second-order valence-electron chi connectivity index (χ2n) is 14.1. The molecule has 6 aromatic rings. The van der Waals surface area contributed by atoms with Crippen LogP contribution in [0, 0.1) is 17.7 Å². The number of fused-ring (bicyclic) bond motifs is 3. The number of amides is 3. The predicted octanol–water partition coefficient (Wildman–Crippen LogP) is 5.78. The molecule has 1 fully saturated rings. The van der Waals surface area contributed by atoms with Crippen molar-refractivity contribution in [1.82, 2.24) is 24.8 Å². The number of aromatic nitrogens is 3. The third-order valence-electron chi connectivity index (χ3n) is 10.3. The lowest BCUT2D eigenvalue weighted by molar-refractivity contribution is -0.134. The van der Waals surface area contributed by atoms with E-state index in [1.807, 2.05) is 17.0 Å². The lowest BCUT2D eigenvalue weighted by Crippen LogP contribution is -2.39. The van der Waals surface area contributed by atoms with Gasteiger partial charge in [-0.05, 0) is 60.4 Å². The molecule has 1 unspecified atom stereocenters. The number of halogens is 1. The number of pyridine rings is 1. The predicted molar refractivity (Wildman–Crippen MR) is 205 cm³/mol. The summed E-state index contributed by atoms with van der Waals surface area (Å²) in [5.74, 6) is 4.59. The van der Waals surface area contributed by atoms with Crippen LogP contribution in [0.1, 0.15) is 65.7 Å². The first kappa shape index (κ1) is 35.4. The molecule has 0 saturated carbocycles. The van der Waals surface area contributed by atoms with Crippen molar-refractivity contribution in [3.05, 3.63) is 106 Å². The van der Waals surface area contributed by atoms with Crippen LogP contribution in [0.3, 0.4) is 0 Å². The van der Waals surface area contributed by atoms with Gasteiger partial charge in [0.1, 0.15) is 29.5 Å². The van der Waals surface area contributed by atoms with Crippen LogP contribution in [0.15, 0.2) is 76.3 Å². The van der Waals surface area contributed by atoms with E-state index < -0.39 is 17.6 Å². The van der Waals surface area contributed by atoms with E-state index in [-0.39, 0.29) is 47.6 Å². The molecule has 8 rings (SSSR count). The van der Waals surface area contributed by atoms with E-state index in [2.05, 4.69) is 47.4 Å². The molecule has 5 heterocycles. The summed E-state index contributed by atoms with van der Waals surface area (Å²) < 4.78 is 30.8. The number of carbonyl (C=O) groups excluding carboxylic acids is 3. The minimum atomic E-state index is -0.485. The topological polar surface area (TPSA) is 141 Å². The highest BCUT2D eigenvalue weighted by molar-refractivity contribution is 6.03. The van der Waals surface area contributed by atoms with Crippen LogP contribution >= 0.6 is 0 Å². The number of hydrogen-bond donors (Lipinski definition) is 2. The zero-order valence-corrected chi connectivity index (χ0v) is 30.7. The average molecular weight is 741 g/mol. The Bertz CT molecular complexity index is 2680. The molecule has 2 aliphatic rings. The third-order valence-corrected chi connectivity index (χ3v) is 10.3. The molecule has 1 atom stereocenters. The number of anilines is 2. The molecule has 55 heavy (non-hydrogen) atoms. The van der Waals surface area contributed by atoms with E-state index in [1.165, 1.54) is 18.3 Å². The number of imide groups is 1. The van der Waals surface area contributed by atoms with Gasteiger partial charge in [-0.1, -0.05) is 31.8 Å². The van der Waals surface area contributed by atoms with Gasteiger partial charge in [0.25, 0.3) is 5.91 Å². The summed E-state index contributed by atoms with van der Waals surface area (Å²) in [5, 5.41) is 5.86. The Morgan fingerprint density at radius 3 is 2.67 bits per heavy atom. The van der Waals surface area contributed by atoms with Crippen LogP contribution in [0.25, 0.3) is 33.1 Å². The monoisotopic (exact) mass is 740 g/mol. The van der Waals surface area contributed by atoms with E-state index >= 15 is 4.39 Å². The number of ether oxygens (including phenoxy) is 1. The number of nitrogens with zero attached hydrogens (tertiary/aromatic N) is 4. The maximum Gasteiger partial charge on any atom is 0.328 e. The lowest BCUT2D eigenvalue weighted by atomic mass is 9.90. The largest absolute Gasteiger partial charge is 0.490 e. The summed E-state index contributed by atoms with van der Waals surface area (Å²) in [5.41, 5.74) is 6.89. The van der Waals surface area contributed by atoms with Crippen molar-refractivity contribution in [3.63, 3.8) is 0 Å². The van der Waals surface area contributed by atoms with E-state index in [1.54, 1.807) is 53.8 Å². The van der Waals surface area contributed by atoms with E-state index in [0.29, 0.717) is 53.3 Å². The number of imidazole rings is 1. The summed E-state index contributed by atoms with van der Waals surface area (Å²) in [4.78, 5) is 56.1. The molecular weight excluding hydrogens is 703 g/mol. The average Bonchev–Trinajstić information content (AvgIpc) is 3.69. The van der Waals surface area contributed by atoms with Gasteiger partial charge in [-0.25, -0.2) is 9.18 Å². The molecule has 0 bridgehead atoms. The van der Waals surface area contributed by atoms with Crippen LogP contribution < -0.4 is 26.0 Å². The second-order valence-corrected chi connectivity index (χ2v) is 14.1. The Morgan fingerprint density at radius 1 is 1.07 bits per heavy atom. The van der Waals surface area contributed by atoms with Crippen LogP contribution in [0.4, 0.5) is 15.8 Å². The van der Waals surface area contributed by atoms with Gasteiger partial charge in [-0.15, -0.1) is 0 Å². The fraction of sp³-hybridized carbons (Fsp3) is 0.262. The van der Waals surface area contributed by atoms with Gasteiger partial charge in [0, 0.05) is 66.1 Å². The highest BCUT2D eigenvalue weighted by Gasteiger charge is 2.31. The van der Waals surface area contributed by atoms with Gasteiger partial charge in [0.2, 0.25) is 11.8 Å². The first-order valence-corrected chi connectivity index (χ1v) is 18.0. The first-order chi connectivity index (χ1) is 26.5. The first-order valence-electron chi connectivity index (χ1n) is 18.0. The molecule has 278 valence electrons. The van der Waals surface area contributed by atoms with Crippen molar-refractivity contribution in [3.8, 4) is 28.7 Å². The minimum Gasteiger partial charge on any atom is -0.490 e. The van der Waals surface area contributed by atoms with Crippen molar-refractivity contribution >= 4 is 51.1 Å². The van der Waals surface area contributed by atoms with Crippen molar-refractivity contribution in [1.29, 1.82) is 0 Å². The third kappa shape index (κ3) is 6.39. The normalized spacial score (nSPS) is 15.5. The molecular formula is C42H37FN6O6. The van der Waals surface area contributed by atoms with Gasteiger partial charge < -0.3 is 19.4 Å². The van der Waals surface area contributed by atoms with Gasteiger partial charge >= 0.3 is 5.69 Å². The Morgan fingerprint density at radius 2 is 1.91 bits per heavy atom. The highest BCUT2D eigenvalue weighted by Crippen LogP contribution is 2.42. The SMILES string of the molecule is CC(C)c1cc(N2CCOc3cc(-c4ccc(C(=O)NCC#Cc5ccc6occ(C7CCC(=O)NC7=O)c6c5)nc4)c(F)cc32)cc2c1n(C)c(=O)n2C. The molecule has 0 aliphatic carbocycles. The minimum absolute atomic E-state index is 0.0468. The maximum absolute atomic E-state index is 15.9. The van der Waals surface area contributed by atoms with Crippen molar-refractivity contribution < 1.29 is 27.9 Å². The smallest absolute Gasteiger partial charge is 0.328 e. The molecule has 3 aromatic carbocycles. The molecule has 0 radical (unpaired) electrons. The van der Waals surface area contributed by atoms with E-state index in [4.69, 9.17) is 9.15 Å². The Kier molecular flexibility index (Phi) is 8.97. The lowest BCUT2D eigenvalue weighted by Gasteiger charge is -2.32. The Balaban J connectivity index is 0.965. The number of carbonyl (C=O) groups is 3. The van der Waals surface area contributed by atoms with Gasteiger partial charge in [-0.3, -0.25) is 33.8 Å². The molecule has 2 aliphatic heterocycles. The van der Waals surface area contributed by atoms with Crippen LogP contribution in [-0.4, -0.2) is 51.5 Å². The van der Waals surface area contributed by atoms with Gasteiger partial charge in [0.15, 0.2) is 0 Å². The molecule has 1 saturated heterocycles. The molecule has 3 aromatic heterocycles. The number of furan rings is 1. The number of rotatable bonds is 6. The summed E-state index contributed by atoms with van der Waals surface area (Å²) in [6, 6.07) is 15.7. The standard InChI is InChI=1S/C42H37FN6O6/c1-23(2)28-17-26(18-35-39(28)48(4)42(53)47(35)3)49-14-15-54-37-19-29(32(43)20-34(37)49)25-8-10-33(45-21-25)41(52)44-13-5-6-24-7-11-36-30(16-24)31(22-55-36)27-9-12-38(50)46-40(27)51/h7-8,10-11,16-23,27H,9,12-15H2,1-4H3,(H,44,52)(H,46,50,51). The zero-order chi connectivity index (χ0) is 38.5. The van der Waals surface area contributed by atoms with E-state index in [9.17, 15) is 19.2 Å². The Labute approximate surface area is 314 Å². The second kappa shape index (κ2) is 13.9. The van der Waals surface area contributed by atoms with Crippen molar-refractivity contribution in [2.75, 3.05) is 24.6 Å².